The summed E-state index contributed by atoms with van der Waals surface area (Å²) in [6, 6.07) is 4.75. The SMILES string of the molecule is CC(=O)N(C)C[C@H]1Oc2c(NS(C)(=O)=O)cccc2C(=O)N(C)C[C@@H]1C. The van der Waals surface area contributed by atoms with E-state index in [1.54, 1.807) is 37.2 Å². The zero-order valence-corrected chi connectivity index (χ0v) is 16.5. The van der Waals surface area contributed by atoms with Gasteiger partial charge in [-0.2, -0.15) is 0 Å². The minimum atomic E-state index is -3.55. The average molecular weight is 383 g/mol. The lowest BCUT2D eigenvalue weighted by molar-refractivity contribution is -0.129. The van der Waals surface area contributed by atoms with Gasteiger partial charge in [0.15, 0.2) is 5.75 Å². The maximum Gasteiger partial charge on any atom is 0.257 e. The van der Waals surface area contributed by atoms with Crippen molar-refractivity contribution in [1.29, 1.82) is 0 Å². The van der Waals surface area contributed by atoms with Gasteiger partial charge in [-0.15, -0.1) is 0 Å². The summed E-state index contributed by atoms with van der Waals surface area (Å²) in [6.07, 6.45) is 0.633. The maximum atomic E-state index is 12.7. The molecule has 2 rings (SSSR count). The Morgan fingerprint density at radius 2 is 2.08 bits per heavy atom. The van der Waals surface area contributed by atoms with E-state index in [1.807, 2.05) is 6.92 Å². The first kappa shape index (κ1) is 20.0. The molecule has 0 saturated carbocycles. The molecule has 144 valence electrons. The fraction of sp³-hybridized carbons (Fsp3) is 0.529. The minimum Gasteiger partial charge on any atom is -0.485 e. The molecule has 0 fully saturated rings. The molecular weight excluding hydrogens is 358 g/mol. The number of amides is 2. The number of rotatable bonds is 4. The number of fused-ring (bicyclic) bond motifs is 1. The predicted octanol–water partition coefficient (Wildman–Crippen LogP) is 1.01. The van der Waals surface area contributed by atoms with Crippen molar-refractivity contribution in [3.63, 3.8) is 0 Å². The monoisotopic (exact) mass is 383 g/mol. The Labute approximate surface area is 154 Å². The van der Waals surface area contributed by atoms with E-state index in [0.29, 0.717) is 13.1 Å². The smallest absolute Gasteiger partial charge is 0.257 e. The van der Waals surface area contributed by atoms with E-state index in [1.165, 1.54) is 11.8 Å². The number of nitrogens with one attached hydrogen (secondary N) is 1. The normalized spacial score (nSPS) is 20.5. The summed E-state index contributed by atoms with van der Waals surface area (Å²) < 4.78 is 31.9. The van der Waals surface area contributed by atoms with Crippen LogP contribution in [0.4, 0.5) is 5.69 Å². The van der Waals surface area contributed by atoms with Crippen LogP contribution in [0.1, 0.15) is 24.2 Å². The van der Waals surface area contributed by atoms with Crippen LogP contribution in [0.25, 0.3) is 0 Å². The predicted molar refractivity (Wildman–Crippen MR) is 98.8 cm³/mol. The van der Waals surface area contributed by atoms with Gasteiger partial charge in [0.05, 0.1) is 24.1 Å². The molecule has 26 heavy (non-hydrogen) atoms. The third-order valence-corrected chi connectivity index (χ3v) is 4.94. The second-order valence-electron chi connectivity index (χ2n) is 6.78. The molecule has 8 nitrogen and oxygen atoms in total. The molecule has 0 aliphatic carbocycles. The standard InChI is InChI=1S/C17H25N3O5S/c1-11-9-20(4)17(22)13-7-6-8-14(18-26(5,23)24)16(13)25-15(11)10-19(3)12(2)21/h6-8,11,15,18H,9-10H2,1-5H3/t11-,15+/m0/s1. The highest BCUT2D eigenvalue weighted by atomic mass is 32.2. The molecule has 2 atom stereocenters. The van der Waals surface area contributed by atoms with Crippen molar-refractivity contribution in [2.24, 2.45) is 5.92 Å². The Bertz CT molecular complexity index is 809. The molecule has 0 aromatic heterocycles. The largest absolute Gasteiger partial charge is 0.485 e. The van der Waals surface area contributed by atoms with Gasteiger partial charge in [-0.3, -0.25) is 14.3 Å². The number of hydrogen-bond donors (Lipinski definition) is 1. The van der Waals surface area contributed by atoms with Crippen LogP contribution in [-0.2, 0) is 14.8 Å². The molecule has 0 radical (unpaired) electrons. The van der Waals surface area contributed by atoms with Crippen LogP contribution in [0.3, 0.4) is 0 Å². The molecule has 1 aliphatic heterocycles. The Morgan fingerprint density at radius 3 is 2.65 bits per heavy atom. The summed E-state index contributed by atoms with van der Waals surface area (Å²) in [5, 5.41) is 0. The van der Waals surface area contributed by atoms with Crippen molar-refractivity contribution < 1.29 is 22.7 Å². The molecule has 1 heterocycles. The highest BCUT2D eigenvalue weighted by molar-refractivity contribution is 7.92. The zero-order chi connectivity index (χ0) is 19.6. The maximum absolute atomic E-state index is 12.7. The molecule has 0 spiro atoms. The lowest BCUT2D eigenvalue weighted by Crippen LogP contribution is -2.46. The molecule has 0 saturated heterocycles. The number of carbonyl (C=O) groups is 2. The third kappa shape index (κ3) is 4.66. The van der Waals surface area contributed by atoms with Crippen LogP contribution in [0.15, 0.2) is 18.2 Å². The number of ether oxygens (including phenoxy) is 1. The van der Waals surface area contributed by atoms with Gasteiger partial charge in [0.25, 0.3) is 5.91 Å². The van der Waals surface area contributed by atoms with Crippen molar-refractivity contribution in [2.45, 2.75) is 20.0 Å². The molecule has 1 N–H and O–H groups in total. The van der Waals surface area contributed by atoms with Gasteiger partial charge in [-0.25, -0.2) is 8.42 Å². The molecular formula is C17H25N3O5S. The summed E-state index contributed by atoms with van der Waals surface area (Å²) in [5.74, 6) is -0.231. The average Bonchev–Trinajstić information content (AvgIpc) is 2.52. The van der Waals surface area contributed by atoms with Gasteiger partial charge in [0.1, 0.15) is 6.10 Å². The van der Waals surface area contributed by atoms with E-state index in [4.69, 9.17) is 4.74 Å². The number of hydrogen-bond acceptors (Lipinski definition) is 5. The van der Waals surface area contributed by atoms with E-state index in [0.717, 1.165) is 6.26 Å². The van der Waals surface area contributed by atoms with Crippen molar-refractivity contribution >= 4 is 27.5 Å². The number of para-hydroxylation sites is 1. The molecule has 1 aromatic rings. The van der Waals surface area contributed by atoms with Gasteiger partial charge in [0.2, 0.25) is 15.9 Å². The Balaban J connectivity index is 2.51. The summed E-state index contributed by atoms with van der Waals surface area (Å²) in [7, 11) is -0.185. The molecule has 2 amide bonds. The lowest BCUT2D eigenvalue weighted by Gasteiger charge is -2.35. The number of anilines is 1. The third-order valence-electron chi connectivity index (χ3n) is 4.34. The fourth-order valence-corrected chi connectivity index (χ4v) is 3.39. The van der Waals surface area contributed by atoms with Crippen LogP contribution in [-0.4, -0.2) is 69.6 Å². The number of nitrogens with zero attached hydrogens (tertiary/aromatic N) is 2. The molecule has 0 bridgehead atoms. The minimum absolute atomic E-state index is 0.0646. The zero-order valence-electron chi connectivity index (χ0n) is 15.6. The van der Waals surface area contributed by atoms with Crippen molar-refractivity contribution in [3.05, 3.63) is 23.8 Å². The van der Waals surface area contributed by atoms with Crippen molar-refractivity contribution in [3.8, 4) is 5.75 Å². The van der Waals surface area contributed by atoms with Crippen LogP contribution >= 0.6 is 0 Å². The first-order chi connectivity index (χ1) is 12.0. The lowest BCUT2D eigenvalue weighted by atomic mass is 10.0. The van der Waals surface area contributed by atoms with E-state index in [-0.39, 0.29) is 34.7 Å². The summed E-state index contributed by atoms with van der Waals surface area (Å²) in [5.41, 5.74) is 0.486. The topological polar surface area (TPSA) is 96.0 Å². The van der Waals surface area contributed by atoms with Crippen LogP contribution in [0.2, 0.25) is 0 Å². The van der Waals surface area contributed by atoms with Crippen molar-refractivity contribution in [2.75, 3.05) is 38.2 Å². The summed E-state index contributed by atoms with van der Waals surface area (Å²) >= 11 is 0. The van der Waals surface area contributed by atoms with E-state index in [2.05, 4.69) is 4.72 Å². The Hall–Kier alpha value is -2.29. The molecule has 0 unspecified atom stereocenters. The van der Waals surface area contributed by atoms with Gasteiger partial charge in [0, 0.05) is 33.5 Å². The first-order valence-electron chi connectivity index (χ1n) is 8.24. The number of carbonyl (C=O) groups excluding carboxylic acids is 2. The van der Waals surface area contributed by atoms with Gasteiger partial charge in [-0.05, 0) is 12.1 Å². The summed E-state index contributed by atoms with van der Waals surface area (Å²) in [4.78, 5) is 27.4. The Morgan fingerprint density at radius 1 is 1.42 bits per heavy atom. The van der Waals surface area contributed by atoms with Crippen LogP contribution < -0.4 is 9.46 Å². The second-order valence-corrected chi connectivity index (χ2v) is 8.52. The fourth-order valence-electron chi connectivity index (χ4n) is 2.83. The van der Waals surface area contributed by atoms with Crippen molar-refractivity contribution in [1.82, 2.24) is 9.80 Å². The van der Waals surface area contributed by atoms with E-state index >= 15 is 0 Å². The van der Waals surface area contributed by atoms with E-state index in [9.17, 15) is 18.0 Å². The quantitative estimate of drug-likeness (QED) is 0.837. The number of benzene rings is 1. The summed E-state index contributed by atoms with van der Waals surface area (Å²) in [6.45, 7) is 4.18. The second kappa shape index (κ2) is 7.53. The Kier molecular flexibility index (Phi) is 5.80. The highest BCUT2D eigenvalue weighted by Gasteiger charge is 2.31. The van der Waals surface area contributed by atoms with E-state index < -0.39 is 16.1 Å². The first-order valence-corrected chi connectivity index (χ1v) is 10.1. The van der Waals surface area contributed by atoms with Gasteiger partial charge < -0.3 is 14.5 Å². The highest BCUT2D eigenvalue weighted by Crippen LogP contribution is 2.34. The van der Waals surface area contributed by atoms with Gasteiger partial charge >= 0.3 is 0 Å². The number of likely N-dealkylation sites (N-methyl/N-ethyl adjacent to an activating group) is 1. The van der Waals surface area contributed by atoms with Crippen LogP contribution in [0.5, 0.6) is 5.75 Å². The van der Waals surface area contributed by atoms with Gasteiger partial charge in [-0.1, -0.05) is 13.0 Å². The molecule has 1 aliphatic rings. The molecule has 9 heteroatoms. The number of sulfonamides is 1. The van der Waals surface area contributed by atoms with Crippen LogP contribution in [0, 0.1) is 5.92 Å². The molecule has 1 aromatic carbocycles.